The molecule has 0 amide bonds. The number of rotatable bonds is 7. The molecule has 0 saturated carbocycles. The van der Waals surface area contributed by atoms with Crippen molar-refractivity contribution in [2.24, 2.45) is 0 Å². The molecule has 18 heavy (non-hydrogen) atoms. The van der Waals surface area contributed by atoms with E-state index in [1.165, 1.54) is 11.3 Å². The fraction of sp³-hybridized carbons (Fsp3) is 0.636. The fourth-order valence-electron chi connectivity index (χ4n) is 1.60. The van der Waals surface area contributed by atoms with Crippen LogP contribution < -0.4 is 10.0 Å². The lowest BCUT2D eigenvalue weighted by Gasteiger charge is -2.24. The number of sulfonamides is 1. The molecule has 5 nitrogen and oxygen atoms in total. The number of methoxy groups -OCH3 is 1. The van der Waals surface area contributed by atoms with Crippen LogP contribution in [0.3, 0.4) is 0 Å². The van der Waals surface area contributed by atoms with Crippen LogP contribution in [0, 0.1) is 0 Å². The summed E-state index contributed by atoms with van der Waals surface area (Å²) in [7, 11) is -0.104. The summed E-state index contributed by atoms with van der Waals surface area (Å²) in [5.74, 6) is 0. The van der Waals surface area contributed by atoms with Gasteiger partial charge in [-0.25, -0.2) is 13.1 Å². The van der Waals surface area contributed by atoms with Gasteiger partial charge >= 0.3 is 0 Å². The first kappa shape index (κ1) is 15.6. The molecule has 7 heteroatoms. The van der Waals surface area contributed by atoms with Crippen molar-refractivity contribution in [3.8, 4) is 0 Å². The van der Waals surface area contributed by atoms with E-state index in [0.717, 1.165) is 5.56 Å². The molecule has 1 rings (SSSR count). The molecule has 0 radical (unpaired) electrons. The molecular formula is C11H20N2O3S2. The van der Waals surface area contributed by atoms with Crippen molar-refractivity contribution in [3.63, 3.8) is 0 Å². The normalized spacial score (nSPS) is 12.9. The molecule has 0 atom stereocenters. The second-order valence-electron chi connectivity index (χ2n) is 4.73. The molecule has 2 N–H and O–H groups in total. The van der Waals surface area contributed by atoms with Gasteiger partial charge in [0.1, 0.15) is 4.21 Å². The molecule has 0 saturated heterocycles. The van der Waals surface area contributed by atoms with Crippen LogP contribution in [0.4, 0.5) is 0 Å². The number of thiophene rings is 1. The Labute approximate surface area is 113 Å². The minimum atomic E-state index is -3.48. The van der Waals surface area contributed by atoms with Crippen LogP contribution in [-0.2, 0) is 21.3 Å². The molecule has 0 aliphatic carbocycles. The molecule has 0 bridgehead atoms. The SMILES string of the molecule is CNCc1csc(S(=O)(=O)NC(C)(C)COC)c1. The Morgan fingerprint density at radius 2 is 2.11 bits per heavy atom. The van der Waals surface area contributed by atoms with Crippen molar-refractivity contribution in [2.45, 2.75) is 30.1 Å². The van der Waals surface area contributed by atoms with Gasteiger partial charge in [0.2, 0.25) is 0 Å². The Bertz CT molecular complexity index is 480. The van der Waals surface area contributed by atoms with Crippen LogP contribution in [0.15, 0.2) is 15.7 Å². The Morgan fingerprint density at radius 3 is 2.67 bits per heavy atom. The molecule has 0 aliphatic rings. The Kier molecular flexibility index (Phi) is 5.30. The van der Waals surface area contributed by atoms with E-state index in [1.54, 1.807) is 27.0 Å². The zero-order valence-electron chi connectivity index (χ0n) is 11.1. The van der Waals surface area contributed by atoms with E-state index in [-0.39, 0.29) is 0 Å². The van der Waals surface area contributed by atoms with Crippen LogP contribution in [0.25, 0.3) is 0 Å². The van der Waals surface area contributed by atoms with Crippen LogP contribution >= 0.6 is 11.3 Å². The Hall–Kier alpha value is -0.470. The van der Waals surface area contributed by atoms with E-state index in [1.807, 2.05) is 12.4 Å². The smallest absolute Gasteiger partial charge is 0.250 e. The maximum Gasteiger partial charge on any atom is 0.250 e. The highest BCUT2D eigenvalue weighted by Crippen LogP contribution is 2.21. The van der Waals surface area contributed by atoms with Crippen LogP contribution in [0.2, 0.25) is 0 Å². The molecule has 104 valence electrons. The third-order valence-corrected chi connectivity index (χ3v) is 5.38. The summed E-state index contributed by atoms with van der Waals surface area (Å²) in [5, 5.41) is 4.83. The second kappa shape index (κ2) is 6.12. The van der Waals surface area contributed by atoms with E-state index >= 15 is 0 Å². The lowest BCUT2D eigenvalue weighted by Crippen LogP contribution is -2.46. The fourth-order valence-corrected chi connectivity index (χ4v) is 4.20. The molecule has 0 fully saturated rings. The van der Waals surface area contributed by atoms with Crippen molar-refractivity contribution < 1.29 is 13.2 Å². The number of hydrogen-bond donors (Lipinski definition) is 2. The second-order valence-corrected chi connectivity index (χ2v) is 7.55. The first-order chi connectivity index (χ1) is 8.30. The summed E-state index contributed by atoms with van der Waals surface area (Å²) < 4.78 is 32.3. The van der Waals surface area contributed by atoms with Gasteiger partial charge in [-0.15, -0.1) is 11.3 Å². The number of hydrogen-bond acceptors (Lipinski definition) is 5. The third-order valence-electron chi connectivity index (χ3n) is 2.19. The van der Waals surface area contributed by atoms with Crippen molar-refractivity contribution in [1.29, 1.82) is 0 Å². The first-order valence-electron chi connectivity index (χ1n) is 5.56. The topological polar surface area (TPSA) is 67.4 Å². The number of nitrogens with one attached hydrogen (secondary N) is 2. The van der Waals surface area contributed by atoms with Gasteiger partial charge < -0.3 is 10.1 Å². The molecule has 0 unspecified atom stereocenters. The van der Waals surface area contributed by atoms with Crippen molar-refractivity contribution in [3.05, 3.63) is 17.0 Å². The summed E-state index contributed by atoms with van der Waals surface area (Å²) in [6, 6.07) is 1.69. The van der Waals surface area contributed by atoms with Gasteiger partial charge in [-0.05, 0) is 37.9 Å². The van der Waals surface area contributed by atoms with Crippen LogP contribution in [0.5, 0.6) is 0 Å². The Balaban J connectivity index is 2.85. The first-order valence-corrected chi connectivity index (χ1v) is 7.92. The van der Waals surface area contributed by atoms with E-state index in [0.29, 0.717) is 17.4 Å². The average Bonchev–Trinajstić information content (AvgIpc) is 2.65. The highest BCUT2D eigenvalue weighted by atomic mass is 32.2. The average molecular weight is 292 g/mol. The van der Waals surface area contributed by atoms with Gasteiger partial charge in [-0.2, -0.15) is 0 Å². The molecular weight excluding hydrogens is 272 g/mol. The molecule has 0 spiro atoms. The zero-order chi connectivity index (χ0) is 13.8. The highest BCUT2D eigenvalue weighted by molar-refractivity contribution is 7.91. The van der Waals surface area contributed by atoms with E-state index < -0.39 is 15.6 Å². The maximum atomic E-state index is 12.2. The van der Waals surface area contributed by atoms with Gasteiger partial charge in [-0.3, -0.25) is 0 Å². The summed E-state index contributed by atoms with van der Waals surface area (Å²) in [5.41, 5.74) is 0.341. The van der Waals surface area contributed by atoms with Crippen LogP contribution in [-0.4, -0.2) is 34.7 Å². The van der Waals surface area contributed by atoms with Crippen molar-refractivity contribution >= 4 is 21.4 Å². The minimum absolute atomic E-state index is 0.320. The standard InChI is InChI=1S/C11H20N2O3S2/c1-11(2,8-16-4)13-18(14,15)10-5-9(6-12-3)7-17-10/h5,7,12-13H,6,8H2,1-4H3. The lowest BCUT2D eigenvalue weighted by atomic mass is 10.1. The van der Waals surface area contributed by atoms with Gasteiger partial charge in [0, 0.05) is 13.7 Å². The Morgan fingerprint density at radius 1 is 1.44 bits per heavy atom. The predicted molar refractivity (Wildman–Crippen MR) is 73.4 cm³/mol. The highest BCUT2D eigenvalue weighted by Gasteiger charge is 2.27. The van der Waals surface area contributed by atoms with Gasteiger partial charge in [0.15, 0.2) is 0 Å². The van der Waals surface area contributed by atoms with E-state index in [2.05, 4.69) is 10.0 Å². The zero-order valence-corrected chi connectivity index (χ0v) is 12.7. The van der Waals surface area contributed by atoms with E-state index in [9.17, 15) is 8.42 Å². The summed E-state index contributed by atoms with van der Waals surface area (Å²) in [4.78, 5) is 0. The summed E-state index contributed by atoms with van der Waals surface area (Å²) in [6.07, 6.45) is 0. The largest absolute Gasteiger partial charge is 0.383 e. The van der Waals surface area contributed by atoms with Gasteiger partial charge in [-0.1, -0.05) is 0 Å². The molecule has 0 aromatic carbocycles. The lowest BCUT2D eigenvalue weighted by molar-refractivity contribution is 0.141. The van der Waals surface area contributed by atoms with Crippen molar-refractivity contribution in [2.75, 3.05) is 20.8 Å². The van der Waals surface area contributed by atoms with Crippen LogP contribution in [0.1, 0.15) is 19.4 Å². The molecule has 1 heterocycles. The summed E-state index contributed by atoms with van der Waals surface area (Å²) >= 11 is 1.22. The molecule has 1 aromatic heterocycles. The predicted octanol–water partition coefficient (Wildman–Crippen LogP) is 1.17. The number of ether oxygens (including phenoxy) is 1. The minimum Gasteiger partial charge on any atom is -0.383 e. The van der Waals surface area contributed by atoms with E-state index in [4.69, 9.17) is 4.74 Å². The van der Waals surface area contributed by atoms with Gasteiger partial charge in [0.25, 0.3) is 10.0 Å². The summed E-state index contributed by atoms with van der Waals surface area (Å²) in [6.45, 7) is 4.56. The maximum absolute atomic E-state index is 12.2. The quantitative estimate of drug-likeness (QED) is 0.791. The van der Waals surface area contributed by atoms with Crippen molar-refractivity contribution in [1.82, 2.24) is 10.0 Å². The van der Waals surface area contributed by atoms with Gasteiger partial charge in [0.05, 0.1) is 12.1 Å². The third kappa shape index (κ3) is 4.33. The monoisotopic (exact) mass is 292 g/mol. The molecule has 0 aliphatic heterocycles. The molecule has 1 aromatic rings.